The molecule has 15 heavy (non-hydrogen) atoms. The lowest BCUT2D eigenvalue weighted by molar-refractivity contribution is -0.100. The fourth-order valence-corrected chi connectivity index (χ4v) is 2.30. The van der Waals surface area contributed by atoms with Crippen LogP contribution >= 0.6 is 0 Å². The van der Waals surface area contributed by atoms with E-state index in [1.165, 1.54) is 0 Å². The number of aliphatic hydroxyl groups excluding tert-OH is 1. The van der Waals surface area contributed by atoms with Crippen molar-refractivity contribution in [1.82, 2.24) is 5.32 Å². The standard InChI is InChI=1S/C11H21NO3/c1-8-5-12-6-9(15-8)7-14-11-4-2-3-10(11)13/h8-13H,2-7H2,1H3. The molecular weight excluding hydrogens is 194 g/mol. The van der Waals surface area contributed by atoms with Crippen molar-refractivity contribution >= 4 is 0 Å². The van der Waals surface area contributed by atoms with Gasteiger partial charge in [0.05, 0.1) is 31.0 Å². The van der Waals surface area contributed by atoms with Gasteiger partial charge in [-0.1, -0.05) is 0 Å². The normalized spacial score (nSPS) is 42.0. The molecule has 2 aliphatic rings. The van der Waals surface area contributed by atoms with Gasteiger partial charge in [-0.05, 0) is 26.2 Å². The van der Waals surface area contributed by atoms with Gasteiger partial charge in [0, 0.05) is 13.1 Å². The summed E-state index contributed by atoms with van der Waals surface area (Å²) in [4.78, 5) is 0. The zero-order chi connectivity index (χ0) is 10.7. The predicted octanol–water partition coefficient (Wildman–Crippen LogP) is 0.293. The fourth-order valence-electron chi connectivity index (χ4n) is 2.30. The highest BCUT2D eigenvalue weighted by molar-refractivity contribution is 4.78. The van der Waals surface area contributed by atoms with Crippen molar-refractivity contribution < 1.29 is 14.6 Å². The van der Waals surface area contributed by atoms with E-state index >= 15 is 0 Å². The smallest absolute Gasteiger partial charge is 0.0936 e. The molecule has 0 aromatic rings. The third-order valence-electron chi connectivity index (χ3n) is 3.14. The van der Waals surface area contributed by atoms with Crippen LogP contribution in [-0.2, 0) is 9.47 Å². The van der Waals surface area contributed by atoms with Crippen LogP contribution in [-0.4, -0.2) is 49.2 Å². The SMILES string of the molecule is CC1CNCC(COC2CCCC2O)O1. The number of ether oxygens (including phenoxy) is 2. The molecule has 2 N–H and O–H groups in total. The Kier molecular flexibility index (Phi) is 3.97. The molecule has 0 bridgehead atoms. The molecule has 1 saturated carbocycles. The largest absolute Gasteiger partial charge is 0.390 e. The molecule has 1 aliphatic heterocycles. The van der Waals surface area contributed by atoms with E-state index < -0.39 is 0 Å². The van der Waals surface area contributed by atoms with Gasteiger partial charge in [0.1, 0.15) is 0 Å². The number of morpholine rings is 1. The molecule has 4 atom stereocenters. The first-order valence-corrected chi connectivity index (χ1v) is 5.91. The van der Waals surface area contributed by atoms with Crippen LogP contribution in [0.25, 0.3) is 0 Å². The minimum absolute atomic E-state index is 0.0332. The van der Waals surface area contributed by atoms with Crippen LogP contribution in [0.3, 0.4) is 0 Å². The number of hydrogen-bond donors (Lipinski definition) is 2. The van der Waals surface area contributed by atoms with Gasteiger partial charge in [-0.25, -0.2) is 0 Å². The highest BCUT2D eigenvalue weighted by Crippen LogP contribution is 2.22. The summed E-state index contributed by atoms with van der Waals surface area (Å²) >= 11 is 0. The molecule has 1 saturated heterocycles. The Balaban J connectivity index is 1.68. The summed E-state index contributed by atoms with van der Waals surface area (Å²) in [5.41, 5.74) is 0. The zero-order valence-corrected chi connectivity index (χ0v) is 9.32. The van der Waals surface area contributed by atoms with E-state index in [9.17, 15) is 5.11 Å². The van der Waals surface area contributed by atoms with Gasteiger partial charge >= 0.3 is 0 Å². The van der Waals surface area contributed by atoms with Crippen LogP contribution in [0.2, 0.25) is 0 Å². The Hall–Kier alpha value is -0.160. The second-order valence-electron chi connectivity index (χ2n) is 4.60. The number of aliphatic hydroxyl groups is 1. The molecule has 0 amide bonds. The summed E-state index contributed by atoms with van der Waals surface area (Å²) in [6.45, 7) is 4.43. The van der Waals surface area contributed by atoms with Gasteiger partial charge in [-0.15, -0.1) is 0 Å². The third kappa shape index (κ3) is 3.14. The van der Waals surface area contributed by atoms with Crippen LogP contribution in [0.4, 0.5) is 0 Å². The number of hydrogen-bond acceptors (Lipinski definition) is 4. The minimum Gasteiger partial charge on any atom is -0.390 e. The molecule has 1 aliphatic carbocycles. The topological polar surface area (TPSA) is 50.7 Å². The van der Waals surface area contributed by atoms with Gasteiger partial charge in [-0.2, -0.15) is 0 Å². The first-order valence-electron chi connectivity index (χ1n) is 5.91. The first-order chi connectivity index (χ1) is 7.25. The van der Waals surface area contributed by atoms with Gasteiger partial charge in [0.15, 0.2) is 0 Å². The molecule has 0 spiro atoms. The van der Waals surface area contributed by atoms with E-state index in [-0.39, 0.29) is 24.4 Å². The summed E-state index contributed by atoms with van der Waals surface area (Å²) in [6, 6.07) is 0. The van der Waals surface area contributed by atoms with Crippen LogP contribution < -0.4 is 5.32 Å². The molecule has 0 radical (unpaired) electrons. The van der Waals surface area contributed by atoms with Crippen molar-refractivity contribution in [1.29, 1.82) is 0 Å². The second-order valence-corrected chi connectivity index (χ2v) is 4.60. The van der Waals surface area contributed by atoms with Gasteiger partial charge in [0.2, 0.25) is 0 Å². The van der Waals surface area contributed by atoms with Gasteiger partial charge in [-0.3, -0.25) is 0 Å². The molecule has 0 aromatic heterocycles. The highest BCUT2D eigenvalue weighted by Gasteiger charge is 2.27. The van der Waals surface area contributed by atoms with Crippen molar-refractivity contribution in [3.05, 3.63) is 0 Å². The average Bonchev–Trinajstić information content (AvgIpc) is 2.61. The summed E-state index contributed by atoms with van der Waals surface area (Å²) in [5.74, 6) is 0. The lowest BCUT2D eigenvalue weighted by atomic mass is 10.2. The van der Waals surface area contributed by atoms with Crippen molar-refractivity contribution in [3.8, 4) is 0 Å². The molecule has 4 heteroatoms. The van der Waals surface area contributed by atoms with Gasteiger partial charge in [0.25, 0.3) is 0 Å². The summed E-state index contributed by atoms with van der Waals surface area (Å²) in [6.07, 6.45) is 3.11. The van der Waals surface area contributed by atoms with Crippen LogP contribution in [0.5, 0.6) is 0 Å². The molecule has 4 nitrogen and oxygen atoms in total. The predicted molar refractivity (Wildman–Crippen MR) is 56.8 cm³/mol. The molecule has 4 unspecified atom stereocenters. The molecule has 2 fully saturated rings. The maximum atomic E-state index is 9.59. The van der Waals surface area contributed by atoms with Gasteiger partial charge < -0.3 is 19.9 Å². The first kappa shape index (κ1) is 11.3. The quantitative estimate of drug-likeness (QED) is 0.710. The Morgan fingerprint density at radius 2 is 2.27 bits per heavy atom. The Bertz CT molecular complexity index is 200. The Morgan fingerprint density at radius 1 is 1.40 bits per heavy atom. The third-order valence-corrected chi connectivity index (χ3v) is 3.14. The van der Waals surface area contributed by atoms with E-state index in [0.29, 0.717) is 6.61 Å². The van der Waals surface area contributed by atoms with Crippen molar-refractivity contribution in [2.45, 2.75) is 50.6 Å². The molecule has 0 aromatic carbocycles. The Morgan fingerprint density at radius 3 is 2.93 bits per heavy atom. The fraction of sp³-hybridized carbons (Fsp3) is 1.00. The van der Waals surface area contributed by atoms with E-state index in [1.54, 1.807) is 0 Å². The van der Waals surface area contributed by atoms with Crippen molar-refractivity contribution in [2.24, 2.45) is 0 Å². The minimum atomic E-state index is -0.265. The van der Waals surface area contributed by atoms with Crippen LogP contribution in [0.1, 0.15) is 26.2 Å². The summed E-state index contributed by atoms with van der Waals surface area (Å²) < 4.78 is 11.4. The molecular formula is C11H21NO3. The molecule has 88 valence electrons. The maximum absolute atomic E-state index is 9.59. The molecule has 2 rings (SSSR count). The lowest BCUT2D eigenvalue weighted by Gasteiger charge is -2.29. The highest BCUT2D eigenvalue weighted by atomic mass is 16.5. The average molecular weight is 215 g/mol. The van der Waals surface area contributed by atoms with E-state index in [2.05, 4.69) is 12.2 Å². The summed E-state index contributed by atoms with van der Waals surface area (Å²) in [7, 11) is 0. The van der Waals surface area contributed by atoms with Crippen molar-refractivity contribution in [3.63, 3.8) is 0 Å². The monoisotopic (exact) mass is 215 g/mol. The van der Waals surface area contributed by atoms with E-state index in [1.807, 2.05) is 0 Å². The van der Waals surface area contributed by atoms with E-state index in [4.69, 9.17) is 9.47 Å². The summed E-state index contributed by atoms with van der Waals surface area (Å²) in [5, 5.41) is 12.9. The van der Waals surface area contributed by atoms with E-state index in [0.717, 1.165) is 32.4 Å². The zero-order valence-electron chi connectivity index (χ0n) is 9.32. The molecule has 1 heterocycles. The number of nitrogens with one attached hydrogen (secondary N) is 1. The van der Waals surface area contributed by atoms with Crippen LogP contribution in [0, 0.1) is 0 Å². The maximum Gasteiger partial charge on any atom is 0.0936 e. The Labute approximate surface area is 90.9 Å². The van der Waals surface area contributed by atoms with Crippen LogP contribution in [0.15, 0.2) is 0 Å². The van der Waals surface area contributed by atoms with Crippen molar-refractivity contribution in [2.75, 3.05) is 19.7 Å². The number of rotatable bonds is 3. The second kappa shape index (κ2) is 5.25. The lowest BCUT2D eigenvalue weighted by Crippen LogP contribution is -2.46.